The predicted octanol–water partition coefficient (Wildman–Crippen LogP) is 3.04. The molecule has 27 heavy (non-hydrogen) atoms. The van der Waals surface area contributed by atoms with Crippen molar-refractivity contribution < 1.29 is 22.4 Å². The zero-order valence-corrected chi connectivity index (χ0v) is 14.3. The van der Waals surface area contributed by atoms with E-state index < -0.39 is 23.1 Å². The Balaban J connectivity index is 1.83. The van der Waals surface area contributed by atoms with E-state index in [1.54, 1.807) is 6.07 Å². The molecule has 6 nitrogen and oxygen atoms in total. The normalized spacial score (nSPS) is 15.1. The molecule has 0 aromatic carbocycles. The van der Waals surface area contributed by atoms with Gasteiger partial charge in [-0.15, -0.1) is 0 Å². The van der Waals surface area contributed by atoms with Crippen LogP contribution in [0.2, 0.25) is 0 Å². The topological polar surface area (TPSA) is 85.2 Å². The van der Waals surface area contributed by atoms with Crippen LogP contribution in [0.5, 0.6) is 0 Å². The quantitative estimate of drug-likeness (QED) is 0.692. The van der Waals surface area contributed by atoms with E-state index in [0.29, 0.717) is 18.4 Å². The summed E-state index contributed by atoms with van der Waals surface area (Å²) in [5.41, 5.74) is 6.27. The van der Waals surface area contributed by atoms with Crippen molar-refractivity contribution >= 4 is 22.6 Å². The molecule has 0 radical (unpaired) electrons. The van der Waals surface area contributed by atoms with Crippen LogP contribution in [-0.2, 0) is 19.1 Å². The van der Waals surface area contributed by atoms with Crippen molar-refractivity contribution in [2.24, 2.45) is 0 Å². The Hall–Kier alpha value is -2.94. The van der Waals surface area contributed by atoms with Crippen LogP contribution < -0.4 is 5.73 Å². The zero-order chi connectivity index (χ0) is 19.3. The highest BCUT2D eigenvalue weighted by Crippen LogP contribution is 2.36. The Morgan fingerprint density at radius 1 is 1.37 bits per heavy atom. The van der Waals surface area contributed by atoms with E-state index in [0.717, 1.165) is 36.3 Å². The number of likely N-dealkylation sites (N-methyl/N-ethyl adjacent to an activating group) is 1. The van der Waals surface area contributed by atoms with Crippen LogP contribution in [-0.4, -0.2) is 34.2 Å². The molecule has 0 aliphatic carbocycles. The number of aromatic nitrogens is 2. The lowest BCUT2D eigenvalue weighted by Crippen LogP contribution is -2.27. The van der Waals surface area contributed by atoms with Gasteiger partial charge in [-0.25, -0.2) is 4.98 Å². The second-order valence-corrected chi connectivity index (χ2v) is 6.53. The van der Waals surface area contributed by atoms with Crippen LogP contribution in [0, 0.1) is 0 Å². The number of carbonyl (C=O) groups is 1. The molecule has 4 rings (SSSR count). The number of rotatable bonds is 2. The van der Waals surface area contributed by atoms with Crippen molar-refractivity contribution in [3.05, 3.63) is 52.7 Å². The van der Waals surface area contributed by atoms with Gasteiger partial charge in [0.2, 0.25) is 17.3 Å². The molecule has 1 aliphatic heterocycles. The molecule has 0 fully saturated rings. The number of furan rings is 1. The number of hydrogen-bond acceptors (Lipinski definition) is 6. The van der Waals surface area contributed by atoms with Crippen LogP contribution >= 0.6 is 0 Å². The Morgan fingerprint density at radius 3 is 2.89 bits per heavy atom. The molecule has 0 bridgehead atoms. The highest BCUT2D eigenvalue weighted by atomic mass is 19.4. The lowest BCUT2D eigenvalue weighted by molar-refractivity contribution is -0.137. The van der Waals surface area contributed by atoms with Crippen molar-refractivity contribution in [1.29, 1.82) is 0 Å². The molecule has 3 aromatic heterocycles. The minimum Gasteiger partial charge on any atom is -0.432 e. The Morgan fingerprint density at radius 2 is 2.15 bits per heavy atom. The monoisotopic (exact) mass is 376 g/mol. The summed E-state index contributed by atoms with van der Waals surface area (Å²) >= 11 is 0. The number of fused-ring (bicyclic) bond motifs is 2. The third kappa shape index (κ3) is 2.93. The first-order valence-corrected chi connectivity index (χ1v) is 8.21. The van der Waals surface area contributed by atoms with E-state index in [9.17, 15) is 18.0 Å². The van der Waals surface area contributed by atoms with Crippen LogP contribution in [0.15, 0.2) is 28.9 Å². The van der Waals surface area contributed by atoms with Gasteiger partial charge in [-0.3, -0.25) is 9.78 Å². The van der Waals surface area contributed by atoms with Gasteiger partial charge in [-0.05, 0) is 24.7 Å². The van der Waals surface area contributed by atoms with Gasteiger partial charge in [0.1, 0.15) is 0 Å². The second kappa shape index (κ2) is 6.05. The first kappa shape index (κ1) is 17.5. The molecule has 0 saturated heterocycles. The van der Waals surface area contributed by atoms with Crippen molar-refractivity contribution in [3.63, 3.8) is 0 Å². The van der Waals surface area contributed by atoms with Gasteiger partial charge >= 0.3 is 6.18 Å². The maximum absolute atomic E-state index is 13.2. The van der Waals surface area contributed by atoms with Crippen LogP contribution in [0.3, 0.4) is 0 Å². The van der Waals surface area contributed by atoms with Gasteiger partial charge in [0.15, 0.2) is 0 Å². The standard InChI is InChI=1S/C18H15F3N4O2/c1-25-5-3-13-9(8-25)6-10-14(22)16(27-17(10)24-13)15(26)11-7-23-4-2-12(11)18(19,20)21/h2,4,6-7H,3,5,8,22H2,1H3. The maximum Gasteiger partial charge on any atom is 0.417 e. The number of ketones is 1. The maximum atomic E-state index is 13.2. The molecule has 0 atom stereocenters. The molecule has 2 N–H and O–H groups in total. The van der Waals surface area contributed by atoms with Gasteiger partial charge in [0.25, 0.3) is 0 Å². The molecular weight excluding hydrogens is 361 g/mol. The number of nitrogens with two attached hydrogens (primary N) is 1. The second-order valence-electron chi connectivity index (χ2n) is 6.53. The first-order chi connectivity index (χ1) is 12.8. The lowest BCUT2D eigenvalue weighted by atomic mass is 10.0. The number of halogens is 3. The minimum absolute atomic E-state index is 0.0181. The van der Waals surface area contributed by atoms with Gasteiger partial charge in [-0.1, -0.05) is 0 Å². The Kier molecular flexibility index (Phi) is 3.92. The molecule has 140 valence electrons. The molecule has 0 amide bonds. The van der Waals surface area contributed by atoms with E-state index in [-0.39, 0.29) is 17.2 Å². The average Bonchev–Trinajstić information content (AvgIpc) is 2.94. The summed E-state index contributed by atoms with van der Waals surface area (Å²) < 4.78 is 45.1. The largest absolute Gasteiger partial charge is 0.432 e. The Labute approximate surface area is 151 Å². The van der Waals surface area contributed by atoms with Crippen LogP contribution in [0.1, 0.15) is 32.9 Å². The van der Waals surface area contributed by atoms with Gasteiger partial charge < -0.3 is 15.1 Å². The highest BCUT2D eigenvalue weighted by Gasteiger charge is 2.37. The Bertz CT molecular complexity index is 1060. The third-order valence-corrected chi connectivity index (χ3v) is 4.64. The van der Waals surface area contributed by atoms with E-state index in [1.165, 1.54) is 0 Å². The number of pyridine rings is 2. The molecule has 0 saturated carbocycles. The fourth-order valence-electron chi connectivity index (χ4n) is 3.25. The first-order valence-electron chi connectivity index (χ1n) is 8.21. The number of nitrogens with zero attached hydrogens (tertiary/aromatic N) is 3. The summed E-state index contributed by atoms with van der Waals surface area (Å²) in [4.78, 5) is 22.9. The minimum atomic E-state index is -4.70. The smallest absolute Gasteiger partial charge is 0.417 e. The molecule has 3 aromatic rings. The van der Waals surface area contributed by atoms with E-state index in [4.69, 9.17) is 10.2 Å². The summed E-state index contributed by atoms with van der Waals surface area (Å²) in [6.45, 7) is 1.51. The van der Waals surface area contributed by atoms with Gasteiger partial charge in [0, 0.05) is 31.9 Å². The number of alkyl halides is 3. The highest BCUT2D eigenvalue weighted by molar-refractivity contribution is 6.14. The van der Waals surface area contributed by atoms with E-state index in [1.807, 2.05) is 7.05 Å². The number of nitrogen functional groups attached to an aromatic ring is 1. The summed E-state index contributed by atoms with van der Waals surface area (Å²) in [6, 6.07) is 2.54. The molecule has 4 heterocycles. The fourth-order valence-corrected chi connectivity index (χ4v) is 3.25. The fraction of sp³-hybridized carbons (Fsp3) is 0.278. The van der Waals surface area contributed by atoms with E-state index in [2.05, 4.69) is 14.9 Å². The van der Waals surface area contributed by atoms with Crippen molar-refractivity contribution in [3.8, 4) is 0 Å². The number of anilines is 1. The lowest BCUT2D eigenvalue weighted by Gasteiger charge is -2.23. The SMILES string of the molecule is CN1CCc2nc3oc(C(=O)c4cnccc4C(F)(F)F)c(N)c3cc2C1. The summed E-state index contributed by atoms with van der Waals surface area (Å²) in [6.07, 6.45) is -2.14. The van der Waals surface area contributed by atoms with Crippen LogP contribution in [0.4, 0.5) is 18.9 Å². The number of carbonyl (C=O) groups excluding carboxylic acids is 1. The van der Waals surface area contributed by atoms with E-state index >= 15 is 0 Å². The molecular formula is C18H15F3N4O2. The van der Waals surface area contributed by atoms with Gasteiger partial charge in [0.05, 0.1) is 27.9 Å². The average molecular weight is 376 g/mol. The van der Waals surface area contributed by atoms with Gasteiger partial charge in [-0.2, -0.15) is 13.2 Å². The summed E-state index contributed by atoms with van der Waals surface area (Å²) in [7, 11) is 1.97. The predicted molar refractivity (Wildman–Crippen MR) is 91.1 cm³/mol. The molecule has 0 spiro atoms. The van der Waals surface area contributed by atoms with Crippen molar-refractivity contribution in [2.45, 2.75) is 19.1 Å². The summed E-state index contributed by atoms with van der Waals surface area (Å²) in [5, 5.41) is 0.421. The van der Waals surface area contributed by atoms with Crippen LogP contribution in [0.25, 0.3) is 11.1 Å². The third-order valence-electron chi connectivity index (χ3n) is 4.64. The van der Waals surface area contributed by atoms with Crippen molar-refractivity contribution in [2.75, 3.05) is 19.3 Å². The van der Waals surface area contributed by atoms with Crippen molar-refractivity contribution in [1.82, 2.24) is 14.9 Å². The number of hydrogen-bond donors (Lipinski definition) is 1. The zero-order valence-electron chi connectivity index (χ0n) is 14.3. The summed E-state index contributed by atoms with van der Waals surface area (Å²) in [5.74, 6) is -1.33. The molecule has 9 heteroatoms. The molecule has 1 aliphatic rings. The molecule has 0 unspecified atom stereocenters.